The molecular formula is C49H39N3OSi. The maximum atomic E-state index is 6.32. The highest BCUT2D eigenvalue weighted by Crippen LogP contribution is 2.49. The maximum absolute atomic E-state index is 6.32. The molecule has 0 radical (unpaired) electrons. The third-order valence-electron chi connectivity index (χ3n) is 11.3. The summed E-state index contributed by atoms with van der Waals surface area (Å²) in [7, 11) is -1.45. The molecule has 1 aliphatic rings. The molecule has 0 aliphatic heterocycles. The zero-order chi connectivity index (χ0) is 36.8. The summed E-state index contributed by atoms with van der Waals surface area (Å²) >= 11 is 0. The first-order chi connectivity index (χ1) is 26.1. The summed E-state index contributed by atoms with van der Waals surface area (Å²) in [5.74, 6) is 1.89. The van der Waals surface area contributed by atoms with Gasteiger partial charge in [0.25, 0.3) is 0 Å². The first-order valence-electron chi connectivity index (χ1n) is 18.7. The van der Waals surface area contributed by atoms with Crippen LogP contribution in [0.4, 0.5) is 0 Å². The number of aromatic nitrogens is 3. The fourth-order valence-electron chi connectivity index (χ4n) is 8.17. The summed E-state index contributed by atoms with van der Waals surface area (Å²) in [6.07, 6.45) is 0. The van der Waals surface area contributed by atoms with E-state index in [0.717, 1.165) is 49.6 Å². The molecule has 7 aromatic carbocycles. The molecular weight excluding hydrogens is 675 g/mol. The normalized spacial score (nSPS) is 13.4. The van der Waals surface area contributed by atoms with E-state index in [1.807, 2.05) is 42.5 Å². The lowest BCUT2D eigenvalue weighted by molar-refractivity contribution is 0.661. The summed E-state index contributed by atoms with van der Waals surface area (Å²) in [6.45, 7) is 12.0. The predicted octanol–water partition coefficient (Wildman–Crippen LogP) is 12.4. The van der Waals surface area contributed by atoms with Crippen molar-refractivity contribution < 1.29 is 4.42 Å². The van der Waals surface area contributed by atoms with E-state index in [2.05, 4.69) is 137 Å². The molecule has 5 heteroatoms. The van der Waals surface area contributed by atoms with Gasteiger partial charge in [-0.05, 0) is 86.6 Å². The van der Waals surface area contributed by atoms with Gasteiger partial charge in [-0.15, -0.1) is 0 Å². The van der Waals surface area contributed by atoms with Gasteiger partial charge in [-0.2, -0.15) is 0 Å². The van der Waals surface area contributed by atoms with Crippen LogP contribution in [-0.2, 0) is 5.41 Å². The van der Waals surface area contributed by atoms with Crippen molar-refractivity contribution >= 4 is 46.0 Å². The Hall–Kier alpha value is -6.17. The Morgan fingerprint density at radius 3 is 1.74 bits per heavy atom. The Morgan fingerprint density at radius 2 is 1.00 bits per heavy atom. The van der Waals surface area contributed by atoms with Gasteiger partial charge >= 0.3 is 0 Å². The second kappa shape index (κ2) is 11.9. The van der Waals surface area contributed by atoms with Crippen molar-refractivity contribution in [3.8, 4) is 56.4 Å². The standard InChI is InChI=1S/C49H39N3OSi/c1-49(2)42-27-34(18-21-38(42)39-22-20-37(29-43(39)49)54(3,4)5)31-16-11-17-35(24-31)47-50-46(30-12-7-6-8-13-30)51-48(52-47)36-19-23-44-40(26-36)41-25-32-14-9-10-15-33(32)28-45(41)53-44/h6-29H,1-5H3. The van der Waals surface area contributed by atoms with Gasteiger partial charge < -0.3 is 4.42 Å². The van der Waals surface area contributed by atoms with Crippen molar-refractivity contribution in [2.75, 3.05) is 0 Å². The van der Waals surface area contributed by atoms with Crippen molar-refractivity contribution in [3.63, 3.8) is 0 Å². The molecule has 4 nitrogen and oxygen atoms in total. The van der Waals surface area contributed by atoms with Crippen LogP contribution < -0.4 is 5.19 Å². The first-order valence-corrected chi connectivity index (χ1v) is 22.2. The Bertz CT molecular complexity index is 2950. The smallest absolute Gasteiger partial charge is 0.164 e. The molecule has 0 spiro atoms. The van der Waals surface area contributed by atoms with Crippen LogP contribution >= 0.6 is 0 Å². The average Bonchev–Trinajstić information content (AvgIpc) is 3.66. The molecule has 0 saturated carbocycles. The second-order valence-electron chi connectivity index (χ2n) is 16.2. The number of benzene rings is 7. The SMILES string of the molecule is CC1(C)c2cc(-c3cccc(-c4nc(-c5ccccc5)nc(-c5ccc6oc7cc8ccccc8cc7c6c5)n4)c3)ccc2-c2ccc([Si](C)(C)C)cc21. The molecule has 9 aromatic rings. The van der Waals surface area contributed by atoms with Gasteiger partial charge in [-0.1, -0.05) is 142 Å². The van der Waals surface area contributed by atoms with E-state index in [-0.39, 0.29) is 5.41 Å². The summed E-state index contributed by atoms with van der Waals surface area (Å²) in [5, 5.41) is 5.96. The molecule has 1 aliphatic carbocycles. The van der Waals surface area contributed by atoms with E-state index in [1.54, 1.807) is 0 Å². The molecule has 0 unspecified atom stereocenters. The Kier molecular flexibility index (Phi) is 7.17. The first kappa shape index (κ1) is 32.5. The van der Waals surface area contributed by atoms with Gasteiger partial charge in [0.2, 0.25) is 0 Å². The number of fused-ring (bicyclic) bond motifs is 7. The Labute approximate surface area is 316 Å². The van der Waals surface area contributed by atoms with Crippen molar-refractivity contribution in [1.82, 2.24) is 15.0 Å². The number of nitrogens with zero attached hydrogens (tertiary/aromatic N) is 3. The molecule has 0 N–H and O–H groups in total. The largest absolute Gasteiger partial charge is 0.456 e. The quantitative estimate of drug-likeness (QED) is 0.167. The third-order valence-corrected chi connectivity index (χ3v) is 13.3. The Morgan fingerprint density at radius 1 is 0.444 bits per heavy atom. The fourth-order valence-corrected chi connectivity index (χ4v) is 9.33. The van der Waals surface area contributed by atoms with Gasteiger partial charge in [0.1, 0.15) is 11.2 Å². The monoisotopic (exact) mass is 713 g/mol. The highest BCUT2D eigenvalue weighted by atomic mass is 28.3. The molecule has 10 rings (SSSR count). The number of hydrogen-bond donors (Lipinski definition) is 0. The minimum Gasteiger partial charge on any atom is -0.456 e. The van der Waals surface area contributed by atoms with Crippen LogP contribution in [0.2, 0.25) is 19.6 Å². The zero-order valence-electron chi connectivity index (χ0n) is 31.1. The average molecular weight is 714 g/mol. The molecule has 260 valence electrons. The van der Waals surface area contributed by atoms with Gasteiger partial charge in [-0.3, -0.25) is 0 Å². The van der Waals surface area contributed by atoms with Crippen LogP contribution in [-0.4, -0.2) is 23.0 Å². The van der Waals surface area contributed by atoms with Crippen LogP contribution in [0.3, 0.4) is 0 Å². The van der Waals surface area contributed by atoms with Gasteiger partial charge in [0.15, 0.2) is 17.5 Å². The molecule has 54 heavy (non-hydrogen) atoms. The number of hydrogen-bond acceptors (Lipinski definition) is 4. The lowest BCUT2D eigenvalue weighted by Crippen LogP contribution is -2.38. The van der Waals surface area contributed by atoms with Crippen LogP contribution in [0.15, 0.2) is 150 Å². The third kappa shape index (κ3) is 5.30. The molecule has 0 bridgehead atoms. The second-order valence-corrected chi connectivity index (χ2v) is 21.2. The van der Waals surface area contributed by atoms with Crippen molar-refractivity contribution in [2.24, 2.45) is 0 Å². The number of rotatable bonds is 5. The fraction of sp³-hybridized carbons (Fsp3) is 0.122. The summed E-state index contributed by atoms with van der Waals surface area (Å²) in [4.78, 5) is 15.3. The number of furan rings is 1. The van der Waals surface area contributed by atoms with Gasteiger partial charge in [0.05, 0.1) is 8.07 Å². The van der Waals surface area contributed by atoms with Crippen molar-refractivity contribution in [1.29, 1.82) is 0 Å². The van der Waals surface area contributed by atoms with E-state index >= 15 is 0 Å². The molecule has 0 amide bonds. The Balaban J connectivity index is 1.08. The van der Waals surface area contributed by atoms with E-state index in [9.17, 15) is 0 Å². The van der Waals surface area contributed by atoms with Crippen LogP contribution in [0, 0.1) is 0 Å². The molecule has 0 saturated heterocycles. The van der Waals surface area contributed by atoms with Crippen molar-refractivity contribution in [3.05, 3.63) is 157 Å². The predicted molar refractivity (Wildman–Crippen MR) is 227 cm³/mol. The topological polar surface area (TPSA) is 51.8 Å². The lowest BCUT2D eigenvalue weighted by Gasteiger charge is -2.24. The molecule has 2 aromatic heterocycles. The maximum Gasteiger partial charge on any atom is 0.164 e. The summed E-state index contributed by atoms with van der Waals surface area (Å²) < 4.78 is 6.32. The minimum absolute atomic E-state index is 0.0871. The minimum atomic E-state index is -1.45. The van der Waals surface area contributed by atoms with E-state index in [4.69, 9.17) is 19.4 Å². The lowest BCUT2D eigenvalue weighted by atomic mass is 9.81. The molecule has 2 heterocycles. The van der Waals surface area contributed by atoms with Gasteiger partial charge in [0, 0.05) is 32.9 Å². The molecule has 0 atom stereocenters. The highest BCUT2D eigenvalue weighted by Gasteiger charge is 2.36. The van der Waals surface area contributed by atoms with Crippen LogP contribution in [0.5, 0.6) is 0 Å². The summed E-state index contributed by atoms with van der Waals surface area (Å²) in [6, 6.07) is 51.9. The van der Waals surface area contributed by atoms with E-state index in [1.165, 1.54) is 38.4 Å². The summed E-state index contributed by atoms with van der Waals surface area (Å²) in [5.41, 5.74) is 12.2. The van der Waals surface area contributed by atoms with Crippen LogP contribution in [0.25, 0.3) is 89.1 Å². The highest BCUT2D eigenvalue weighted by molar-refractivity contribution is 6.88. The van der Waals surface area contributed by atoms with Crippen molar-refractivity contribution in [2.45, 2.75) is 38.9 Å². The van der Waals surface area contributed by atoms with Gasteiger partial charge in [-0.25, -0.2) is 15.0 Å². The molecule has 0 fully saturated rings. The van der Waals surface area contributed by atoms with E-state index < -0.39 is 8.07 Å². The zero-order valence-corrected chi connectivity index (χ0v) is 32.1. The van der Waals surface area contributed by atoms with Crippen LogP contribution in [0.1, 0.15) is 25.0 Å². The van der Waals surface area contributed by atoms with E-state index in [0.29, 0.717) is 17.5 Å².